The fourth-order valence-electron chi connectivity index (χ4n) is 2.64. The van der Waals surface area contributed by atoms with Crippen LogP contribution >= 0.6 is 0 Å². The second kappa shape index (κ2) is 5.21. The molecular weight excluding hydrogens is 268 g/mol. The summed E-state index contributed by atoms with van der Waals surface area (Å²) in [7, 11) is 0. The number of hydrogen-bond acceptors (Lipinski definition) is 4. The second-order valence-corrected chi connectivity index (χ2v) is 5.51. The Morgan fingerprint density at radius 2 is 2.05 bits per heavy atom. The lowest BCUT2D eigenvalue weighted by Crippen LogP contribution is -2.49. The number of ether oxygens (including phenoxy) is 2. The van der Waals surface area contributed by atoms with Crippen LogP contribution in [-0.2, 0) is 4.79 Å². The Labute approximate surface area is 124 Å². The number of hydrogen-bond donors (Lipinski definition) is 1. The summed E-state index contributed by atoms with van der Waals surface area (Å²) >= 11 is 0. The van der Waals surface area contributed by atoms with Crippen LogP contribution in [0.25, 0.3) is 0 Å². The minimum Gasteiger partial charge on any atom is -0.486 e. The number of terminal acetylenes is 1. The van der Waals surface area contributed by atoms with E-state index >= 15 is 0 Å². The van der Waals surface area contributed by atoms with E-state index in [9.17, 15) is 4.79 Å². The summed E-state index contributed by atoms with van der Waals surface area (Å²) in [5, 5.41) is 3.29. The molecule has 0 saturated carbocycles. The summed E-state index contributed by atoms with van der Waals surface area (Å²) in [4.78, 5) is 14.2. The monoisotopic (exact) mass is 286 g/mol. The van der Waals surface area contributed by atoms with Crippen LogP contribution in [-0.4, -0.2) is 31.7 Å². The molecule has 2 aliphatic heterocycles. The molecule has 1 amide bonds. The SMILES string of the molecule is C#CCN1C(=O)C(C(C)C)Nc2cc3c(cc21)OCCO3. The highest BCUT2D eigenvalue weighted by Crippen LogP contribution is 2.42. The van der Waals surface area contributed by atoms with Crippen LogP contribution in [0.15, 0.2) is 12.1 Å². The largest absolute Gasteiger partial charge is 0.486 e. The molecule has 5 heteroatoms. The maximum atomic E-state index is 12.6. The van der Waals surface area contributed by atoms with E-state index in [0.717, 1.165) is 11.4 Å². The van der Waals surface area contributed by atoms with Crippen molar-refractivity contribution in [2.24, 2.45) is 5.92 Å². The number of amides is 1. The van der Waals surface area contributed by atoms with E-state index in [1.54, 1.807) is 4.90 Å². The van der Waals surface area contributed by atoms with Crippen molar-refractivity contribution < 1.29 is 14.3 Å². The molecule has 3 rings (SSSR count). The van der Waals surface area contributed by atoms with Gasteiger partial charge in [-0.2, -0.15) is 0 Å². The van der Waals surface area contributed by atoms with Gasteiger partial charge in [0.05, 0.1) is 17.9 Å². The van der Waals surface area contributed by atoms with E-state index in [-0.39, 0.29) is 24.4 Å². The molecule has 0 aromatic heterocycles. The summed E-state index contributed by atoms with van der Waals surface area (Å²) in [5.74, 6) is 4.06. The number of carbonyl (C=O) groups is 1. The topological polar surface area (TPSA) is 50.8 Å². The molecule has 0 bridgehead atoms. The standard InChI is InChI=1S/C16H18N2O3/c1-4-5-18-12-9-14-13(20-6-7-21-14)8-11(12)17-15(10(2)3)16(18)19/h1,8-10,15,17H,5-7H2,2-3H3. The van der Waals surface area contributed by atoms with Gasteiger partial charge in [0.25, 0.3) is 5.91 Å². The summed E-state index contributed by atoms with van der Waals surface area (Å²) in [6, 6.07) is 3.42. The highest BCUT2D eigenvalue weighted by Gasteiger charge is 2.35. The van der Waals surface area contributed by atoms with Gasteiger partial charge in [-0.05, 0) is 5.92 Å². The zero-order valence-corrected chi connectivity index (χ0v) is 12.2. The average molecular weight is 286 g/mol. The van der Waals surface area contributed by atoms with E-state index in [0.29, 0.717) is 24.7 Å². The van der Waals surface area contributed by atoms with E-state index in [1.165, 1.54) is 0 Å². The molecule has 2 heterocycles. The number of nitrogens with one attached hydrogen (secondary N) is 1. The van der Waals surface area contributed by atoms with Crippen molar-refractivity contribution in [1.82, 2.24) is 0 Å². The third-order valence-corrected chi connectivity index (χ3v) is 3.71. The first-order valence-corrected chi connectivity index (χ1v) is 7.07. The minimum atomic E-state index is -0.284. The highest BCUT2D eigenvalue weighted by atomic mass is 16.6. The third kappa shape index (κ3) is 2.27. The van der Waals surface area contributed by atoms with Gasteiger partial charge in [0.2, 0.25) is 0 Å². The molecule has 5 nitrogen and oxygen atoms in total. The van der Waals surface area contributed by atoms with Gasteiger partial charge in [-0.3, -0.25) is 9.69 Å². The molecule has 1 unspecified atom stereocenters. The quantitative estimate of drug-likeness (QED) is 0.843. The summed E-state index contributed by atoms with van der Waals surface area (Å²) < 4.78 is 11.2. The smallest absolute Gasteiger partial charge is 0.250 e. The zero-order valence-electron chi connectivity index (χ0n) is 12.2. The lowest BCUT2D eigenvalue weighted by atomic mass is 9.98. The molecule has 1 aromatic carbocycles. The lowest BCUT2D eigenvalue weighted by molar-refractivity contribution is -0.120. The van der Waals surface area contributed by atoms with Gasteiger partial charge < -0.3 is 14.8 Å². The minimum absolute atomic E-state index is 0.00729. The summed E-state index contributed by atoms with van der Waals surface area (Å²) in [6.07, 6.45) is 5.42. The van der Waals surface area contributed by atoms with Gasteiger partial charge in [0.1, 0.15) is 19.3 Å². The van der Waals surface area contributed by atoms with E-state index < -0.39 is 0 Å². The molecule has 2 aliphatic rings. The predicted octanol–water partition coefficient (Wildman–Crippen LogP) is 1.87. The first kappa shape index (κ1) is 13.6. The van der Waals surface area contributed by atoms with E-state index in [1.807, 2.05) is 26.0 Å². The second-order valence-electron chi connectivity index (χ2n) is 5.51. The molecule has 0 radical (unpaired) electrons. The number of benzene rings is 1. The maximum Gasteiger partial charge on any atom is 0.250 e. The number of rotatable bonds is 2. The van der Waals surface area contributed by atoms with Gasteiger partial charge in [-0.15, -0.1) is 6.42 Å². The van der Waals surface area contributed by atoms with Crippen molar-refractivity contribution in [2.75, 3.05) is 30.0 Å². The van der Waals surface area contributed by atoms with E-state index in [2.05, 4.69) is 11.2 Å². The fraction of sp³-hybridized carbons (Fsp3) is 0.438. The van der Waals surface area contributed by atoms with Crippen LogP contribution in [0.2, 0.25) is 0 Å². The Morgan fingerprint density at radius 1 is 1.38 bits per heavy atom. The zero-order chi connectivity index (χ0) is 15.0. The Bertz CT molecular complexity index is 619. The molecule has 1 atom stereocenters. The van der Waals surface area contributed by atoms with Gasteiger partial charge in [-0.1, -0.05) is 19.8 Å². The van der Waals surface area contributed by atoms with Gasteiger partial charge in [0.15, 0.2) is 11.5 Å². The predicted molar refractivity (Wildman–Crippen MR) is 80.9 cm³/mol. The van der Waals surface area contributed by atoms with E-state index in [4.69, 9.17) is 15.9 Å². The van der Waals surface area contributed by atoms with Gasteiger partial charge >= 0.3 is 0 Å². The number of fused-ring (bicyclic) bond motifs is 2. The van der Waals surface area contributed by atoms with Crippen LogP contribution in [0.5, 0.6) is 11.5 Å². The molecule has 0 aliphatic carbocycles. The van der Waals surface area contributed by atoms with Crippen molar-refractivity contribution in [3.63, 3.8) is 0 Å². The third-order valence-electron chi connectivity index (χ3n) is 3.71. The highest BCUT2D eigenvalue weighted by molar-refractivity contribution is 6.06. The number of carbonyl (C=O) groups excluding carboxylic acids is 1. The molecule has 0 spiro atoms. The fourth-order valence-corrected chi connectivity index (χ4v) is 2.64. The van der Waals surface area contributed by atoms with Crippen LogP contribution in [0.3, 0.4) is 0 Å². The molecular formula is C16H18N2O3. The molecule has 0 fully saturated rings. The van der Waals surface area contributed by atoms with Crippen LogP contribution in [0, 0.1) is 18.3 Å². The number of nitrogens with zero attached hydrogens (tertiary/aromatic N) is 1. The summed E-state index contributed by atoms with van der Waals surface area (Å²) in [6.45, 7) is 5.30. The summed E-state index contributed by atoms with van der Waals surface area (Å²) in [5.41, 5.74) is 1.60. The maximum absolute atomic E-state index is 12.6. The van der Waals surface area contributed by atoms with Crippen LogP contribution < -0.4 is 19.7 Å². The molecule has 21 heavy (non-hydrogen) atoms. The van der Waals surface area contributed by atoms with Crippen LogP contribution in [0.1, 0.15) is 13.8 Å². The Morgan fingerprint density at radius 3 is 2.67 bits per heavy atom. The van der Waals surface area contributed by atoms with Crippen molar-refractivity contribution >= 4 is 17.3 Å². The van der Waals surface area contributed by atoms with Crippen LogP contribution in [0.4, 0.5) is 11.4 Å². The van der Waals surface area contributed by atoms with Gasteiger partial charge in [0, 0.05) is 12.1 Å². The normalized spacial score (nSPS) is 19.8. The molecule has 110 valence electrons. The van der Waals surface area contributed by atoms with Crippen molar-refractivity contribution in [1.29, 1.82) is 0 Å². The molecule has 0 saturated heterocycles. The van der Waals surface area contributed by atoms with Gasteiger partial charge in [-0.25, -0.2) is 0 Å². The average Bonchev–Trinajstić information content (AvgIpc) is 2.48. The number of anilines is 2. The van der Waals surface area contributed by atoms with Crippen molar-refractivity contribution in [3.05, 3.63) is 12.1 Å². The van der Waals surface area contributed by atoms with Crippen molar-refractivity contribution in [2.45, 2.75) is 19.9 Å². The first-order chi connectivity index (χ1) is 10.1. The Balaban J connectivity index is 2.07. The molecule has 1 N–H and O–H groups in total. The Hall–Kier alpha value is -2.35. The lowest BCUT2D eigenvalue weighted by Gasteiger charge is -2.37. The first-order valence-electron chi connectivity index (χ1n) is 7.07. The Kier molecular flexibility index (Phi) is 3.38. The van der Waals surface area contributed by atoms with Crippen molar-refractivity contribution in [3.8, 4) is 23.8 Å². The molecule has 1 aromatic rings.